The maximum absolute atomic E-state index is 12.0. The van der Waals surface area contributed by atoms with Gasteiger partial charge in [-0.15, -0.1) is 0 Å². The molecule has 0 atom stereocenters. The van der Waals surface area contributed by atoms with Crippen LogP contribution in [0.3, 0.4) is 0 Å². The Morgan fingerprint density at radius 3 is 1.65 bits per heavy atom. The molecule has 0 saturated heterocycles. The summed E-state index contributed by atoms with van der Waals surface area (Å²) >= 11 is 0. The molecule has 0 saturated carbocycles. The maximum atomic E-state index is 12.0. The minimum atomic E-state index is -0.185. The van der Waals surface area contributed by atoms with Gasteiger partial charge in [0.1, 0.15) is 6.61 Å². The van der Waals surface area contributed by atoms with E-state index in [0.717, 1.165) is 11.1 Å². The fraction of sp³-hybridized carbons (Fsp3) is 0.381. The van der Waals surface area contributed by atoms with Gasteiger partial charge in [0.25, 0.3) is 0 Å². The standard InChI is InChI=1S/C21H26O2/c1-15(2)19-9-5-17(6-10-19)13-21(22)23-14-18-7-11-20(12-8-18)16(3)4/h5-12,15-16H,13-14H2,1-4H3. The summed E-state index contributed by atoms with van der Waals surface area (Å²) < 4.78 is 5.37. The molecule has 0 unspecified atom stereocenters. The molecule has 0 aliphatic heterocycles. The summed E-state index contributed by atoms with van der Waals surface area (Å²) in [5.41, 5.74) is 4.60. The highest BCUT2D eigenvalue weighted by atomic mass is 16.5. The number of carbonyl (C=O) groups excluding carboxylic acids is 1. The molecule has 0 heterocycles. The minimum Gasteiger partial charge on any atom is -0.461 e. The van der Waals surface area contributed by atoms with Crippen molar-refractivity contribution in [2.75, 3.05) is 0 Å². The van der Waals surface area contributed by atoms with Crippen molar-refractivity contribution < 1.29 is 9.53 Å². The van der Waals surface area contributed by atoms with Gasteiger partial charge in [-0.05, 0) is 34.1 Å². The lowest BCUT2D eigenvalue weighted by atomic mass is 10.0. The van der Waals surface area contributed by atoms with Gasteiger partial charge < -0.3 is 4.74 Å². The van der Waals surface area contributed by atoms with E-state index < -0.39 is 0 Å². The SMILES string of the molecule is CC(C)c1ccc(COC(=O)Cc2ccc(C(C)C)cc2)cc1. The molecule has 0 aliphatic rings. The molecule has 0 fully saturated rings. The third kappa shape index (κ3) is 5.24. The minimum absolute atomic E-state index is 0.185. The molecular formula is C21H26O2. The van der Waals surface area contributed by atoms with Gasteiger partial charge in [-0.3, -0.25) is 4.79 Å². The number of esters is 1. The molecule has 0 bridgehead atoms. The Morgan fingerprint density at radius 2 is 1.22 bits per heavy atom. The van der Waals surface area contributed by atoms with Crippen LogP contribution in [0, 0.1) is 0 Å². The smallest absolute Gasteiger partial charge is 0.310 e. The van der Waals surface area contributed by atoms with Gasteiger partial charge in [0.15, 0.2) is 0 Å². The van der Waals surface area contributed by atoms with E-state index in [9.17, 15) is 4.79 Å². The second-order valence-electron chi connectivity index (χ2n) is 6.63. The second-order valence-corrected chi connectivity index (χ2v) is 6.63. The summed E-state index contributed by atoms with van der Waals surface area (Å²) in [5, 5.41) is 0. The number of hydrogen-bond donors (Lipinski definition) is 0. The first-order valence-electron chi connectivity index (χ1n) is 8.29. The molecular weight excluding hydrogens is 284 g/mol. The van der Waals surface area contributed by atoms with Gasteiger partial charge in [-0.2, -0.15) is 0 Å². The molecule has 2 nitrogen and oxygen atoms in total. The molecule has 2 heteroatoms. The Balaban J connectivity index is 1.85. The predicted octanol–water partition coefficient (Wildman–Crippen LogP) is 5.22. The third-order valence-corrected chi connectivity index (χ3v) is 4.04. The Hall–Kier alpha value is -2.09. The average Bonchev–Trinajstić information content (AvgIpc) is 2.54. The molecule has 23 heavy (non-hydrogen) atoms. The van der Waals surface area contributed by atoms with Crippen LogP contribution in [-0.2, 0) is 22.6 Å². The molecule has 122 valence electrons. The van der Waals surface area contributed by atoms with E-state index in [1.54, 1.807) is 0 Å². The lowest BCUT2D eigenvalue weighted by Gasteiger charge is -2.09. The highest BCUT2D eigenvalue weighted by Gasteiger charge is 2.07. The average molecular weight is 310 g/mol. The molecule has 2 aromatic carbocycles. The van der Waals surface area contributed by atoms with Crippen LogP contribution < -0.4 is 0 Å². The Bertz CT molecular complexity index is 622. The van der Waals surface area contributed by atoms with Crippen LogP contribution in [0.5, 0.6) is 0 Å². The number of hydrogen-bond acceptors (Lipinski definition) is 2. The third-order valence-electron chi connectivity index (χ3n) is 4.04. The van der Waals surface area contributed by atoms with Crippen LogP contribution >= 0.6 is 0 Å². The lowest BCUT2D eigenvalue weighted by Crippen LogP contribution is -2.08. The van der Waals surface area contributed by atoms with Crippen molar-refractivity contribution in [3.05, 3.63) is 70.8 Å². The highest BCUT2D eigenvalue weighted by molar-refractivity contribution is 5.72. The number of ether oxygens (including phenoxy) is 1. The lowest BCUT2D eigenvalue weighted by molar-refractivity contribution is -0.144. The monoisotopic (exact) mass is 310 g/mol. The van der Waals surface area contributed by atoms with Crippen molar-refractivity contribution in [2.24, 2.45) is 0 Å². The molecule has 0 radical (unpaired) electrons. The van der Waals surface area contributed by atoms with Crippen LogP contribution in [-0.4, -0.2) is 5.97 Å². The van der Waals surface area contributed by atoms with E-state index in [-0.39, 0.29) is 5.97 Å². The summed E-state index contributed by atoms with van der Waals surface area (Å²) in [7, 11) is 0. The molecule has 0 amide bonds. The molecule has 0 aromatic heterocycles. The Labute approximate surface area is 139 Å². The molecule has 0 aliphatic carbocycles. The van der Waals surface area contributed by atoms with E-state index in [1.807, 2.05) is 24.3 Å². The second kappa shape index (κ2) is 7.96. The summed E-state index contributed by atoms with van der Waals surface area (Å²) in [6.07, 6.45) is 0.322. The van der Waals surface area contributed by atoms with Gasteiger partial charge in [0, 0.05) is 0 Å². The van der Waals surface area contributed by atoms with E-state index in [4.69, 9.17) is 4.74 Å². The number of rotatable bonds is 6. The van der Waals surface area contributed by atoms with Crippen molar-refractivity contribution in [3.8, 4) is 0 Å². The van der Waals surface area contributed by atoms with Gasteiger partial charge in [-0.1, -0.05) is 76.2 Å². The zero-order valence-corrected chi connectivity index (χ0v) is 14.5. The van der Waals surface area contributed by atoms with Crippen LogP contribution in [0.4, 0.5) is 0 Å². The van der Waals surface area contributed by atoms with E-state index in [1.165, 1.54) is 11.1 Å². The van der Waals surface area contributed by atoms with Crippen LogP contribution in [0.1, 0.15) is 61.8 Å². The first kappa shape index (κ1) is 17.3. The fourth-order valence-corrected chi connectivity index (χ4v) is 2.40. The quantitative estimate of drug-likeness (QED) is 0.684. The largest absolute Gasteiger partial charge is 0.461 e. The zero-order valence-electron chi connectivity index (χ0n) is 14.5. The maximum Gasteiger partial charge on any atom is 0.310 e. The number of benzene rings is 2. The van der Waals surface area contributed by atoms with Gasteiger partial charge in [-0.25, -0.2) is 0 Å². The normalized spacial score (nSPS) is 11.0. The topological polar surface area (TPSA) is 26.3 Å². The van der Waals surface area contributed by atoms with E-state index in [2.05, 4.69) is 52.0 Å². The summed E-state index contributed by atoms with van der Waals surface area (Å²) in [4.78, 5) is 12.0. The van der Waals surface area contributed by atoms with Crippen LogP contribution in [0.2, 0.25) is 0 Å². The summed E-state index contributed by atoms with van der Waals surface area (Å²) in [5.74, 6) is 0.834. The van der Waals surface area contributed by atoms with Crippen molar-refractivity contribution in [1.82, 2.24) is 0 Å². The van der Waals surface area contributed by atoms with Crippen LogP contribution in [0.25, 0.3) is 0 Å². The first-order chi connectivity index (χ1) is 11.0. The van der Waals surface area contributed by atoms with Crippen molar-refractivity contribution >= 4 is 5.97 Å². The van der Waals surface area contributed by atoms with E-state index in [0.29, 0.717) is 24.9 Å². The van der Waals surface area contributed by atoms with Crippen molar-refractivity contribution in [2.45, 2.75) is 52.6 Å². The fourth-order valence-electron chi connectivity index (χ4n) is 2.40. The molecule has 0 spiro atoms. The van der Waals surface area contributed by atoms with Gasteiger partial charge in [0.2, 0.25) is 0 Å². The van der Waals surface area contributed by atoms with E-state index >= 15 is 0 Å². The Kier molecular flexibility index (Phi) is 5.97. The Morgan fingerprint density at radius 1 is 0.783 bits per heavy atom. The first-order valence-corrected chi connectivity index (χ1v) is 8.29. The zero-order chi connectivity index (χ0) is 16.8. The van der Waals surface area contributed by atoms with Crippen molar-refractivity contribution in [1.29, 1.82) is 0 Å². The molecule has 2 rings (SSSR count). The summed E-state index contributed by atoms with van der Waals surface area (Å²) in [6.45, 7) is 8.99. The van der Waals surface area contributed by atoms with Crippen molar-refractivity contribution in [3.63, 3.8) is 0 Å². The van der Waals surface area contributed by atoms with Gasteiger partial charge in [0.05, 0.1) is 6.42 Å². The molecule has 0 N–H and O–H groups in total. The predicted molar refractivity (Wildman–Crippen MR) is 94.6 cm³/mol. The number of carbonyl (C=O) groups is 1. The molecule has 2 aromatic rings. The van der Waals surface area contributed by atoms with Gasteiger partial charge >= 0.3 is 5.97 Å². The summed E-state index contributed by atoms with van der Waals surface area (Å²) in [6, 6.07) is 16.4. The van der Waals surface area contributed by atoms with Crippen LogP contribution in [0.15, 0.2) is 48.5 Å². The highest BCUT2D eigenvalue weighted by Crippen LogP contribution is 2.16.